The second-order valence-electron chi connectivity index (χ2n) is 6.76. The summed E-state index contributed by atoms with van der Waals surface area (Å²) in [7, 11) is -3.63. The number of carbonyl (C=O) groups is 1. The summed E-state index contributed by atoms with van der Waals surface area (Å²) in [4.78, 5) is 24.1. The highest BCUT2D eigenvalue weighted by Gasteiger charge is 2.30. The Morgan fingerprint density at radius 1 is 1.14 bits per heavy atom. The number of nitrogens with zero attached hydrogens (tertiary/aromatic N) is 3. The van der Waals surface area contributed by atoms with Gasteiger partial charge in [-0.2, -0.15) is 4.31 Å². The van der Waals surface area contributed by atoms with E-state index in [0.717, 1.165) is 5.56 Å². The summed E-state index contributed by atoms with van der Waals surface area (Å²) in [5, 5.41) is 10.6. The lowest BCUT2D eigenvalue weighted by Gasteiger charge is -2.33. The zero-order valence-corrected chi connectivity index (χ0v) is 16.9. The molecule has 154 valence electrons. The van der Waals surface area contributed by atoms with Crippen LogP contribution in [0.3, 0.4) is 0 Å². The van der Waals surface area contributed by atoms with Gasteiger partial charge in [0.25, 0.3) is 0 Å². The molecule has 3 rings (SSSR count). The van der Waals surface area contributed by atoms with Crippen molar-refractivity contribution in [3.8, 4) is 0 Å². The van der Waals surface area contributed by atoms with E-state index in [2.05, 4.69) is 0 Å². The SMILES string of the molecule is Cc1ccc(C)c(S(=O)(=O)N2CCN(C(=O)/C=C/c3ccc([N+](=O)[O-])o3)CC2)c1. The Labute approximate surface area is 168 Å². The van der Waals surface area contributed by atoms with Gasteiger partial charge in [0, 0.05) is 32.3 Å². The van der Waals surface area contributed by atoms with E-state index in [1.807, 2.05) is 13.0 Å². The number of aryl methyl sites for hydroxylation is 2. The number of hydrogen-bond donors (Lipinski definition) is 0. The van der Waals surface area contributed by atoms with Gasteiger partial charge >= 0.3 is 5.88 Å². The first kappa shape index (κ1) is 20.7. The van der Waals surface area contributed by atoms with E-state index in [-0.39, 0.29) is 42.7 Å². The normalized spacial score (nSPS) is 15.7. The fraction of sp³-hybridized carbons (Fsp3) is 0.316. The lowest BCUT2D eigenvalue weighted by molar-refractivity contribution is -0.402. The third-order valence-corrected chi connectivity index (χ3v) is 6.74. The van der Waals surface area contributed by atoms with Crippen LogP contribution in [0.25, 0.3) is 6.08 Å². The van der Waals surface area contributed by atoms with E-state index in [4.69, 9.17) is 4.42 Å². The minimum atomic E-state index is -3.63. The molecular weight excluding hydrogens is 398 g/mol. The van der Waals surface area contributed by atoms with Crippen LogP contribution in [0.2, 0.25) is 0 Å². The molecule has 2 aromatic rings. The molecule has 1 amide bonds. The van der Waals surface area contributed by atoms with Crippen molar-refractivity contribution in [3.05, 3.63) is 63.4 Å². The number of nitro groups is 1. The van der Waals surface area contributed by atoms with E-state index >= 15 is 0 Å². The molecule has 0 spiro atoms. The quantitative estimate of drug-likeness (QED) is 0.417. The minimum Gasteiger partial charge on any atom is -0.401 e. The number of hydrogen-bond acceptors (Lipinski definition) is 6. The number of rotatable bonds is 5. The third kappa shape index (κ3) is 4.54. The zero-order chi connectivity index (χ0) is 21.2. The molecule has 1 saturated heterocycles. The van der Waals surface area contributed by atoms with Gasteiger partial charge in [0.2, 0.25) is 15.9 Å². The van der Waals surface area contributed by atoms with Gasteiger partial charge < -0.3 is 9.32 Å². The smallest absolute Gasteiger partial charge is 0.401 e. The molecule has 0 N–H and O–H groups in total. The molecule has 0 aliphatic carbocycles. The molecule has 1 fully saturated rings. The lowest BCUT2D eigenvalue weighted by Crippen LogP contribution is -2.50. The van der Waals surface area contributed by atoms with E-state index < -0.39 is 20.8 Å². The number of amides is 1. The van der Waals surface area contributed by atoms with Crippen LogP contribution < -0.4 is 0 Å². The highest BCUT2D eigenvalue weighted by Crippen LogP contribution is 2.22. The Kier molecular flexibility index (Phi) is 5.85. The topological polar surface area (TPSA) is 114 Å². The molecule has 1 aromatic carbocycles. The minimum absolute atomic E-state index is 0.196. The molecule has 1 aromatic heterocycles. The number of piperazine rings is 1. The monoisotopic (exact) mass is 419 g/mol. The van der Waals surface area contributed by atoms with Crippen LogP contribution in [0.1, 0.15) is 16.9 Å². The Morgan fingerprint density at radius 3 is 2.45 bits per heavy atom. The van der Waals surface area contributed by atoms with Gasteiger partial charge in [-0.3, -0.25) is 14.9 Å². The fourth-order valence-corrected chi connectivity index (χ4v) is 4.79. The average molecular weight is 419 g/mol. The van der Waals surface area contributed by atoms with Crippen molar-refractivity contribution in [1.29, 1.82) is 0 Å². The van der Waals surface area contributed by atoms with Gasteiger partial charge in [0.15, 0.2) is 0 Å². The second-order valence-corrected chi connectivity index (χ2v) is 8.67. The molecule has 2 heterocycles. The van der Waals surface area contributed by atoms with Gasteiger partial charge in [-0.15, -0.1) is 0 Å². The second kappa shape index (κ2) is 8.18. The Balaban J connectivity index is 1.63. The number of furan rings is 1. The highest BCUT2D eigenvalue weighted by atomic mass is 32.2. The van der Waals surface area contributed by atoms with Crippen molar-refractivity contribution >= 4 is 27.9 Å². The number of sulfonamides is 1. The Bertz CT molecular complexity index is 1070. The van der Waals surface area contributed by atoms with Gasteiger partial charge in [0.05, 0.1) is 11.0 Å². The van der Waals surface area contributed by atoms with Crippen molar-refractivity contribution in [2.75, 3.05) is 26.2 Å². The summed E-state index contributed by atoms with van der Waals surface area (Å²) in [6.07, 6.45) is 2.62. The maximum atomic E-state index is 12.9. The van der Waals surface area contributed by atoms with Crippen molar-refractivity contribution in [3.63, 3.8) is 0 Å². The average Bonchev–Trinajstić information content (AvgIpc) is 3.17. The maximum absolute atomic E-state index is 12.9. The largest absolute Gasteiger partial charge is 0.433 e. The first-order chi connectivity index (χ1) is 13.7. The first-order valence-electron chi connectivity index (χ1n) is 8.97. The zero-order valence-electron chi connectivity index (χ0n) is 16.1. The lowest BCUT2D eigenvalue weighted by atomic mass is 10.2. The van der Waals surface area contributed by atoms with E-state index in [9.17, 15) is 23.3 Å². The summed E-state index contributed by atoms with van der Waals surface area (Å²) in [6, 6.07) is 7.92. The summed E-state index contributed by atoms with van der Waals surface area (Å²) in [5.41, 5.74) is 1.55. The van der Waals surface area contributed by atoms with Crippen LogP contribution in [0.4, 0.5) is 5.88 Å². The van der Waals surface area contributed by atoms with Crippen LogP contribution in [0, 0.1) is 24.0 Å². The van der Waals surface area contributed by atoms with Crippen LogP contribution in [-0.4, -0.2) is 54.6 Å². The van der Waals surface area contributed by atoms with E-state index in [0.29, 0.717) is 5.56 Å². The highest BCUT2D eigenvalue weighted by molar-refractivity contribution is 7.89. The van der Waals surface area contributed by atoms with Crippen molar-refractivity contribution in [1.82, 2.24) is 9.21 Å². The molecule has 9 nitrogen and oxygen atoms in total. The fourth-order valence-electron chi connectivity index (χ4n) is 3.06. The van der Waals surface area contributed by atoms with Gasteiger partial charge in [0.1, 0.15) is 10.7 Å². The Hall–Kier alpha value is -2.98. The van der Waals surface area contributed by atoms with Crippen LogP contribution in [0.5, 0.6) is 0 Å². The molecule has 10 heteroatoms. The van der Waals surface area contributed by atoms with Gasteiger partial charge in [-0.1, -0.05) is 12.1 Å². The first-order valence-corrected chi connectivity index (χ1v) is 10.4. The third-order valence-electron chi connectivity index (χ3n) is 4.69. The number of carbonyl (C=O) groups excluding carboxylic acids is 1. The van der Waals surface area contributed by atoms with Crippen LogP contribution >= 0.6 is 0 Å². The molecular formula is C19H21N3O6S. The van der Waals surface area contributed by atoms with E-state index in [1.165, 1.54) is 33.5 Å². The molecule has 0 bridgehead atoms. The Morgan fingerprint density at radius 2 is 1.83 bits per heavy atom. The van der Waals surface area contributed by atoms with Crippen LogP contribution in [0.15, 0.2) is 45.7 Å². The molecule has 0 radical (unpaired) electrons. The predicted molar refractivity (Wildman–Crippen MR) is 106 cm³/mol. The molecule has 0 saturated carbocycles. The molecule has 29 heavy (non-hydrogen) atoms. The van der Waals surface area contributed by atoms with Crippen molar-refractivity contribution < 1.29 is 22.6 Å². The summed E-state index contributed by atoms with van der Waals surface area (Å²) in [6.45, 7) is 4.51. The van der Waals surface area contributed by atoms with Crippen LogP contribution in [-0.2, 0) is 14.8 Å². The molecule has 0 atom stereocenters. The van der Waals surface area contributed by atoms with E-state index in [1.54, 1.807) is 19.1 Å². The molecule has 1 aliphatic rings. The van der Waals surface area contributed by atoms with Gasteiger partial charge in [-0.25, -0.2) is 8.42 Å². The van der Waals surface area contributed by atoms with Gasteiger partial charge in [-0.05, 0) is 43.2 Å². The molecule has 0 unspecified atom stereocenters. The summed E-state index contributed by atoms with van der Waals surface area (Å²) in [5.74, 6) is -0.517. The predicted octanol–water partition coefficient (Wildman–Crippen LogP) is 2.35. The van der Waals surface area contributed by atoms with Crippen molar-refractivity contribution in [2.45, 2.75) is 18.7 Å². The maximum Gasteiger partial charge on any atom is 0.433 e. The standard InChI is InChI=1S/C19H21N3O6S/c1-14-3-4-15(2)17(13-14)29(26,27)21-11-9-20(10-12-21)18(23)7-5-16-6-8-19(28-16)22(24)25/h3-8,13H,9-12H2,1-2H3/b7-5+. The summed E-state index contributed by atoms with van der Waals surface area (Å²) >= 11 is 0. The number of benzene rings is 1. The molecule has 1 aliphatic heterocycles. The van der Waals surface area contributed by atoms with Crippen molar-refractivity contribution in [2.24, 2.45) is 0 Å². The summed E-state index contributed by atoms with van der Waals surface area (Å²) < 4.78 is 32.2.